The Labute approximate surface area is 161 Å². The van der Waals surface area contributed by atoms with Crippen LogP contribution in [0, 0.1) is 12.7 Å². The molecule has 0 aliphatic carbocycles. The molecule has 3 aromatic rings. The average molecular weight is 382 g/mol. The molecule has 1 amide bonds. The van der Waals surface area contributed by atoms with Crippen LogP contribution in [-0.2, 0) is 0 Å². The number of hydrogen-bond donors (Lipinski definition) is 2. The molecule has 0 bridgehead atoms. The molecular formula is C20H19FN4O3. The molecule has 0 radical (unpaired) electrons. The normalized spacial score (nSPS) is 10.3. The highest BCUT2D eigenvalue weighted by atomic mass is 19.1. The first-order valence-corrected chi connectivity index (χ1v) is 8.40. The topological polar surface area (TPSA) is 85.4 Å². The van der Waals surface area contributed by atoms with Gasteiger partial charge in [-0.25, -0.2) is 14.4 Å². The van der Waals surface area contributed by atoms with E-state index in [1.165, 1.54) is 30.3 Å². The molecule has 2 aromatic carbocycles. The molecule has 0 aliphatic heterocycles. The van der Waals surface area contributed by atoms with Crippen molar-refractivity contribution in [3.05, 3.63) is 65.9 Å². The van der Waals surface area contributed by atoms with Crippen LogP contribution in [0.2, 0.25) is 0 Å². The summed E-state index contributed by atoms with van der Waals surface area (Å²) in [6.45, 7) is 1.68. The highest BCUT2D eigenvalue weighted by Crippen LogP contribution is 2.31. The minimum Gasteiger partial charge on any atom is -0.497 e. The van der Waals surface area contributed by atoms with Gasteiger partial charge in [-0.1, -0.05) is 0 Å². The second-order valence-corrected chi connectivity index (χ2v) is 5.84. The van der Waals surface area contributed by atoms with Gasteiger partial charge in [-0.3, -0.25) is 4.79 Å². The molecule has 0 aliphatic rings. The molecular weight excluding hydrogens is 363 g/mol. The van der Waals surface area contributed by atoms with Gasteiger partial charge in [0.2, 0.25) is 0 Å². The number of aryl methyl sites for hydroxylation is 1. The molecule has 0 spiro atoms. The van der Waals surface area contributed by atoms with Crippen LogP contribution in [0.1, 0.15) is 16.3 Å². The second kappa shape index (κ2) is 8.34. The van der Waals surface area contributed by atoms with Gasteiger partial charge in [-0.05, 0) is 43.3 Å². The largest absolute Gasteiger partial charge is 0.497 e. The third-order valence-corrected chi connectivity index (χ3v) is 3.84. The quantitative estimate of drug-likeness (QED) is 0.672. The first-order chi connectivity index (χ1) is 13.5. The van der Waals surface area contributed by atoms with Crippen molar-refractivity contribution in [3.63, 3.8) is 0 Å². The number of nitrogens with one attached hydrogen (secondary N) is 2. The van der Waals surface area contributed by atoms with Crippen molar-refractivity contribution in [1.29, 1.82) is 0 Å². The first kappa shape index (κ1) is 19.1. The van der Waals surface area contributed by atoms with Crippen LogP contribution in [0.3, 0.4) is 0 Å². The Hall–Kier alpha value is -3.68. The number of nitrogens with zero attached hydrogens (tertiary/aromatic N) is 2. The smallest absolute Gasteiger partial charge is 0.274 e. The fourth-order valence-corrected chi connectivity index (χ4v) is 2.53. The molecule has 3 rings (SSSR count). The Kier molecular flexibility index (Phi) is 5.69. The van der Waals surface area contributed by atoms with E-state index in [-0.39, 0.29) is 11.5 Å². The van der Waals surface area contributed by atoms with Gasteiger partial charge in [0.05, 0.1) is 19.9 Å². The summed E-state index contributed by atoms with van der Waals surface area (Å²) in [4.78, 5) is 21.0. The number of amides is 1. The summed E-state index contributed by atoms with van der Waals surface area (Å²) in [7, 11) is 3.12. The standard InChI is InChI=1S/C20H19FN4O3/c1-12-22-17(20(26)24-14-6-4-13(21)5-7-14)11-19(23-12)25-16-10-15(27-2)8-9-18(16)28-3/h4-11H,1-3H3,(H,24,26)(H,22,23,25). The predicted octanol–water partition coefficient (Wildman–Crippen LogP) is 3.94. The first-order valence-electron chi connectivity index (χ1n) is 8.40. The lowest BCUT2D eigenvalue weighted by Crippen LogP contribution is -2.15. The number of carbonyl (C=O) groups is 1. The van der Waals surface area contributed by atoms with Gasteiger partial charge >= 0.3 is 0 Å². The van der Waals surface area contributed by atoms with Gasteiger partial charge < -0.3 is 20.1 Å². The van der Waals surface area contributed by atoms with Crippen molar-refractivity contribution in [2.24, 2.45) is 0 Å². The Morgan fingerprint density at radius 1 is 1.00 bits per heavy atom. The van der Waals surface area contributed by atoms with E-state index in [0.29, 0.717) is 34.5 Å². The lowest BCUT2D eigenvalue weighted by Gasteiger charge is -2.13. The molecule has 1 heterocycles. The molecule has 2 N–H and O–H groups in total. The van der Waals surface area contributed by atoms with Crippen molar-refractivity contribution in [2.75, 3.05) is 24.9 Å². The number of hydrogen-bond acceptors (Lipinski definition) is 6. The van der Waals surface area contributed by atoms with Crippen LogP contribution < -0.4 is 20.1 Å². The summed E-state index contributed by atoms with van der Waals surface area (Å²) in [6, 6.07) is 12.3. The number of methoxy groups -OCH3 is 2. The third kappa shape index (κ3) is 4.53. The van der Waals surface area contributed by atoms with Crippen LogP contribution in [0.25, 0.3) is 0 Å². The van der Waals surface area contributed by atoms with E-state index in [9.17, 15) is 9.18 Å². The summed E-state index contributed by atoms with van der Waals surface area (Å²) in [6.07, 6.45) is 0. The van der Waals surface area contributed by atoms with E-state index in [4.69, 9.17) is 9.47 Å². The number of carbonyl (C=O) groups excluding carboxylic acids is 1. The maximum atomic E-state index is 13.0. The zero-order valence-corrected chi connectivity index (χ0v) is 15.6. The molecule has 0 atom stereocenters. The Bertz CT molecular complexity index is 993. The molecule has 0 fully saturated rings. The van der Waals surface area contributed by atoms with Crippen molar-refractivity contribution < 1.29 is 18.7 Å². The molecule has 1 aromatic heterocycles. The minimum absolute atomic E-state index is 0.168. The summed E-state index contributed by atoms with van der Waals surface area (Å²) in [5.41, 5.74) is 1.26. The van der Waals surface area contributed by atoms with E-state index in [0.717, 1.165) is 0 Å². The van der Waals surface area contributed by atoms with Gasteiger partial charge in [-0.15, -0.1) is 0 Å². The van der Waals surface area contributed by atoms with E-state index in [2.05, 4.69) is 20.6 Å². The molecule has 0 saturated carbocycles. The average Bonchev–Trinajstić information content (AvgIpc) is 2.69. The molecule has 8 heteroatoms. The summed E-state index contributed by atoms with van der Waals surface area (Å²) in [5, 5.41) is 5.80. The summed E-state index contributed by atoms with van der Waals surface area (Å²) in [5.74, 6) is 1.25. The molecule has 28 heavy (non-hydrogen) atoms. The van der Waals surface area contributed by atoms with Crippen molar-refractivity contribution in [2.45, 2.75) is 6.92 Å². The van der Waals surface area contributed by atoms with Gasteiger partial charge in [0.1, 0.15) is 34.7 Å². The third-order valence-electron chi connectivity index (χ3n) is 3.84. The Morgan fingerprint density at radius 3 is 2.43 bits per heavy atom. The number of rotatable bonds is 6. The van der Waals surface area contributed by atoms with E-state index >= 15 is 0 Å². The number of halogens is 1. The van der Waals surface area contributed by atoms with Gasteiger partial charge in [0.25, 0.3) is 5.91 Å². The van der Waals surface area contributed by atoms with Crippen molar-refractivity contribution >= 4 is 23.1 Å². The molecule has 0 saturated heterocycles. The van der Waals surface area contributed by atoms with E-state index in [1.807, 2.05) is 0 Å². The van der Waals surface area contributed by atoms with Crippen molar-refractivity contribution in [1.82, 2.24) is 9.97 Å². The molecule has 144 valence electrons. The maximum Gasteiger partial charge on any atom is 0.274 e. The van der Waals surface area contributed by atoms with E-state index in [1.54, 1.807) is 39.3 Å². The monoisotopic (exact) mass is 382 g/mol. The fraction of sp³-hybridized carbons (Fsp3) is 0.150. The van der Waals surface area contributed by atoms with E-state index < -0.39 is 5.91 Å². The predicted molar refractivity (Wildman–Crippen MR) is 104 cm³/mol. The highest BCUT2D eigenvalue weighted by molar-refractivity contribution is 6.03. The van der Waals surface area contributed by atoms with Crippen LogP contribution in [0.5, 0.6) is 11.5 Å². The number of aromatic nitrogens is 2. The van der Waals surface area contributed by atoms with Crippen LogP contribution in [0.15, 0.2) is 48.5 Å². The van der Waals surface area contributed by atoms with Gasteiger partial charge in [0.15, 0.2) is 0 Å². The SMILES string of the molecule is COc1ccc(OC)c(Nc2cc(C(=O)Nc3ccc(F)cc3)nc(C)n2)c1. The maximum absolute atomic E-state index is 13.0. The number of anilines is 3. The second-order valence-electron chi connectivity index (χ2n) is 5.84. The lowest BCUT2D eigenvalue weighted by molar-refractivity contribution is 0.102. The van der Waals surface area contributed by atoms with Gasteiger partial charge in [-0.2, -0.15) is 0 Å². The molecule has 7 nitrogen and oxygen atoms in total. The number of benzene rings is 2. The Balaban J connectivity index is 1.85. The lowest BCUT2D eigenvalue weighted by atomic mass is 10.2. The summed E-state index contributed by atoms with van der Waals surface area (Å²) < 4.78 is 23.6. The van der Waals surface area contributed by atoms with Gasteiger partial charge in [0, 0.05) is 17.8 Å². The zero-order valence-electron chi connectivity index (χ0n) is 15.6. The zero-order chi connectivity index (χ0) is 20.1. The highest BCUT2D eigenvalue weighted by Gasteiger charge is 2.13. The van der Waals surface area contributed by atoms with Crippen LogP contribution in [0.4, 0.5) is 21.6 Å². The molecule has 0 unspecified atom stereocenters. The van der Waals surface area contributed by atoms with Crippen LogP contribution >= 0.6 is 0 Å². The minimum atomic E-state index is -0.433. The van der Waals surface area contributed by atoms with Crippen LogP contribution in [-0.4, -0.2) is 30.1 Å². The Morgan fingerprint density at radius 2 is 1.75 bits per heavy atom. The summed E-state index contributed by atoms with van der Waals surface area (Å²) >= 11 is 0. The number of ether oxygens (including phenoxy) is 2. The van der Waals surface area contributed by atoms with Crippen molar-refractivity contribution in [3.8, 4) is 11.5 Å². The fourth-order valence-electron chi connectivity index (χ4n) is 2.53.